The first kappa shape index (κ1) is 11.9. The fraction of sp³-hybridized carbons (Fsp3) is 0.714. The van der Waals surface area contributed by atoms with E-state index in [9.17, 15) is 9.59 Å². The van der Waals surface area contributed by atoms with Crippen molar-refractivity contribution in [2.24, 2.45) is 0 Å². The molecule has 0 saturated carbocycles. The zero-order valence-electron chi connectivity index (χ0n) is 7.14. The average molecular weight is 191 g/mol. The van der Waals surface area contributed by atoms with Crippen LogP contribution in [0.4, 0.5) is 0 Å². The van der Waals surface area contributed by atoms with Crippen LogP contribution in [0.3, 0.4) is 0 Å². The molecule has 0 aromatic heterocycles. The van der Waals surface area contributed by atoms with Gasteiger partial charge in [-0.1, -0.05) is 0 Å². The van der Waals surface area contributed by atoms with E-state index in [-0.39, 0.29) is 32.7 Å². The Morgan fingerprint density at radius 1 is 1.08 bits per heavy atom. The second-order valence-corrected chi connectivity index (χ2v) is 2.54. The van der Waals surface area contributed by atoms with Crippen molar-refractivity contribution in [2.75, 3.05) is 26.2 Å². The molecule has 0 aliphatic carbocycles. The summed E-state index contributed by atoms with van der Waals surface area (Å²) in [5.41, 5.74) is 0. The third-order valence-electron chi connectivity index (χ3n) is 1.42. The highest BCUT2D eigenvalue weighted by Crippen LogP contribution is 1.91. The summed E-state index contributed by atoms with van der Waals surface area (Å²) in [5.74, 6) is -2.01. The van der Waals surface area contributed by atoms with Gasteiger partial charge < -0.3 is 15.3 Å². The number of hydrogen-bond acceptors (Lipinski definition) is 4. The molecule has 13 heavy (non-hydrogen) atoms. The highest BCUT2D eigenvalue weighted by atomic mass is 16.4. The summed E-state index contributed by atoms with van der Waals surface area (Å²) in [7, 11) is 0. The Balaban J connectivity index is 3.79. The first-order valence-electron chi connectivity index (χ1n) is 3.83. The molecule has 0 aromatic rings. The van der Waals surface area contributed by atoms with Gasteiger partial charge >= 0.3 is 11.9 Å². The second kappa shape index (κ2) is 6.38. The van der Waals surface area contributed by atoms with E-state index in [0.29, 0.717) is 0 Å². The largest absolute Gasteiger partial charge is 0.481 e. The van der Waals surface area contributed by atoms with Gasteiger partial charge in [-0.05, 0) is 0 Å². The summed E-state index contributed by atoms with van der Waals surface area (Å²) >= 11 is 0. The molecule has 0 amide bonds. The summed E-state index contributed by atoms with van der Waals surface area (Å²) in [6.45, 7) is -0.0947. The van der Waals surface area contributed by atoms with E-state index in [1.807, 2.05) is 0 Å². The van der Waals surface area contributed by atoms with E-state index < -0.39 is 11.9 Å². The van der Waals surface area contributed by atoms with Crippen LogP contribution in [-0.4, -0.2) is 58.4 Å². The summed E-state index contributed by atoms with van der Waals surface area (Å²) in [4.78, 5) is 21.8. The van der Waals surface area contributed by atoms with Crippen molar-refractivity contribution in [3.05, 3.63) is 0 Å². The van der Waals surface area contributed by atoms with Crippen molar-refractivity contribution in [1.29, 1.82) is 0 Å². The lowest BCUT2D eigenvalue weighted by Crippen LogP contribution is -2.34. The number of hydrogen-bond donors (Lipinski definition) is 3. The zero-order chi connectivity index (χ0) is 10.3. The van der Waals surface area contributed by atoms with Crippen LogP contribution in [0, 0.1) is 0 Å². The first-order chi connectivity index (χ1) is 6.06. The van der Waals surface area contributed by atoms with Crippen molar-refractivity contribution >= 4 is 11.9 Å². The van der Waals surface area contributed by atoms with E-state index in [4.69, 9.17) is 15.3 Å². The number of carboxylic acid groups (broad SMARTS) is 2. The molecule has 0 aromatic carbocycles. The van der Waals surface area contributed by atoms with Crippen LogP contribution in [0.15, 0.2) is 0 Å². The third kappa shape index (κ3) is 7.23. The van der Waals surface area contributed by atoms with Crippen LogP contribution in [0.1, 0.15) is 6.42 Å². The van der Waals surface area contributed by atoms with Crippen LogP contribution in [0.2, 0.25) is 0 Å². The third-order valence-corrected chi connectivity index (χ3v) is 1.42. The number of aliphatic hydroxyl groups is 1. The predicted molar refractivity (Wildman–Crippen MR) is 43.4 cm³/mol. The number of aliphatic carboxylic acids is 2. The van der Waals surface area contributed by atoms with E-state index in [0.717, 1.165) is 0 Å². The number of rotatable bonds is 7. The fourth-order valence-corrected chi connectivity index (χ4v) is 0.856. The molecule has 0 spiro atoms. The van der Waals surface area contributed by atoms with Crippen LogP contribution in [0.5, 0.6) is 0 Å². The molecule has 0 aliphatic rings. The average Bonchev–Trinajstić information content (AvgIpc) is 1.99. The number of carbonyl (C=O) groups is 2. The number of aliphatic hydroxyl groups excluding tert-OH is 1. The van der Waals surface area contributed by atoms with Gasteiger partial charge in [0.2, 0.25) is 0 Å². The molecule has 0 atom stereocenters. The Morgan fingerprint density at radius 3 is 2.08 bits per heavy atom. The highest BCUT2D eigenvalue weighted by molar-refractivity contribution is 5.69. The number of nitrogens with zero attached hydrogens (tertiary/aromatic N) is 1. The topological polar surface area (TPSA) is 98.1 Å². The summed E-state index contributed by atoms with van der Waals surface area (Å²) < 4.78 is 0. The van der Waals surface area contributed by atoms with E-state index in [2.05, 4.69) is 0 Å². The molecule has 0 aliphatic heterocycles. The van der Waals surface area contributed by atoms with Gasteiger partial charge in [0.1, 0.15) is 0 Å². The maximum atomic E-state index is 10.3. The lowest BCUT2D eigenvalue weighted by molar-refractivity contribution is -0.141. The van der Waals surface area contributed by atoms with Gasteiger partial charge in [-0.25, -0.2) is 0 Å². The van der Waals surface area contributed by atoms with Crippen molar-refractivity contribution < 1.29 is 24.9 Å². The molecule has 3 N–H and O–H groups in total. The monoisotopic (exact) mass is 191 g/mol. The Kier molecular flexibility index (Phi) is 5.82. The summed E-state index contributed by atoms with van der Waals surface area (Å²) in [5, 5.41) is 25.3. The molecule has 76 valence electrons. The smallest absolute Gasteiger partial charge is 0.317 e. The Morgan fingerprint density at radius 2 is 1.69 bits per heavy atom. The number of carboxylic acids is 2. The van der Waals surface area contributed by atoms with Gasteiger partial charge in [-0.3, -0.25) is 14.5 Å². The molecule has 0 rings (SSSR count). The van der Waals surface area contributed by atoms with Crippen LogP contribution < -0.4 is 0 Å². The van der Waals surface area contributed by atoms with Crippen molar-refractivity contribution in [1.82, 2.24) is 4.90 Å². The van der Waals surface area contributed by atoms with Crippen LogP contribution in [0.25, 0.3) is 0 Å². The first-order valence-corrected chi connectivity index (χ1v) is 3.83. The molecule has 0 saturated heterocycles. The maximum absolute atomic E-state index is 10.3. The molecular formula is C7H13NO5. The lowest BCUT2D eigenvalue weighted by Gasteiger charge is -2.17. The fourth-order valence-electron chi connectivity index (χ4n) is 0.856. The zero-order valence-corrected chi connectivity index (χ0v) is 7.14. The van der Waals surface area contributed by atoms with Crippen molar-refractivity contribution in [3.63, 3.8) is 0 Å². The maximum Gasteiger partial charge on any atom is 0.317 e. The lowest BCUT2D eigenvalue weighted by atomic mass is 10.3. The minimum absolute atomic E-state index is 0.118. The van der Waals surface area contributed by atoms with Crippen LogP contribution in [-0.2, 0) is 9.59 Å². The quantitative estimate of drug-likeness (QED) is 0.469. The second-order valence-electron chi connectivity index (χ2n) is 2.54. The Hall–Kier alpha value is -1.14. The van der Waals surface area contributed by atoms with Crippen molar-refractivity contribution in [2.45, 2.75) is 6.42 Å². The van der Waals surface area contributed by atoms with Gasteiger partial charge in [0, 0.05) is 13.1 Å². The molecule has 6 nitrogen and oxygen atoms in total. The van der Waals surface area contributed by atoms with E-state index in [1.165, 1.54) is 4.90 Å². The molecule has 0 radical (unpaired) electrons. The molecule has 6 heteroatoms. The normalized spacial score (nSPS) is 10.3. The van der Waals surface area contributed by atoms with E-state index in [1.54, 1.807) is 0 Å². The molecule has 0 heterocycles. The Labute approximate surface area is 75.4 Å². The summed E-state index contributed by atoms with van der Waals surface area (Å²) in [6, 6.07) is 0. The van der Waals surface area contributed by atoms with Gasteiger partial charge in [0.15, 0.2) is 0 Å². The van der Waals surface area contributed by atoms with E-state index >= 15 is 0 Å². The molecular weight excluding hydrogens is 178 g/mol. The highest BCUT2D eigenvalue weighted by Gasteiger charge is 2.10. The summed E-state index contributed by atoms with van der Waals surface area (Å²) in [6.07, 6.45) is -0.118. The van der Waals surface area contributed by atoms with Gasteiger partial charge in [0.05, 0.1) is 19.6 Å². The molecule has 0 fully saturated rings. The van der Waals surface area contributed by atoms with Crippen molar-refractivity contribution in [3.8, 4) is 0 Å². The minimum atomic E-state index is -1.03. The van der Waals surface area contributed by atoms with Gasteiger partial charge in [0.25, 0.3) is 0 Å². The minimum Gasteiger partial charge on any atom is -0.481 e. The standard InChI is InChI=1S/C7H13NO5/c9-4-3-8(5-7(12)13)2-1-6(10)11/h9H,1-5H2,(H,10,11)(H,12,13). The molecule has 0 bridgehead atoms. The van der Waals surface area contributed by atoms with Crippen LogP contribution >= 0.6 is 0 Å². The van der Waals surface area contributed by atoms with Gasteiger partial charge in [-0.2, -0.15) is 0 Å². The molecule has 0 unspecified atom stereocenters. The predicted octanol–water partition coefficient (Wildman–Crippen LogP) is -1.16. The van der Waals surface area contributed by atoms with Gasteiger partial charge in [-0.15, -0.1) is 0 Å². The SMILES string of the molecule is O=C(O)CCN(CCO)CC(=O)O. The Bertz CT molecular complexity index is 182.